The lowest BCUT2D eigenvalue weighted by Gasteiger charge is -2.33. The molecule has 1 N–H and O–H groups in total. The summed E-state index contributed by atoms with van der Waals surface area (Å²) in [6, 6.07) is 16.4. The first-order valence-corrected chi connectivity index (χ1v) is 8.03. The zero-order chi connectivity index (χ0) is 17.4. The Labute approximate surface area is 144 Å². The third kappa shape index (κ3) is 2.63. The number of carbonyl (C=O) groups excluding carboxylic acids is 2. The molecule has 0 aliphatic carbocycles. The summed E-state index contributed by atoms with van der Waals surface area (Å²) < 4.78 is 5.48. The van der Waals surface area contributed by atoms with Gasteiger partial charge in [-0.25, -0.2) is 4.79 Å². The lowest BCUT2D eigenvalue weighted by molar-refractivity contribution is -0.134. The number of hydrogen-bond donors (Lipinski definition) is 1. The largest absolute Gasteiger partial charge is 0.445 e. The van der Waals surface area contributed by atoms with Gasteiger partial charge in [0.05, 0.1) is 16.8 Å². The van der Waals surface area contributed by atoms with Crippen molar-refractivity contribution in [3.05, 3.63) is 71.9 Å². The first-order valence-electron chi connectivity index (χ1n) is 8.03. The molecule has 2 aromatic carbocycles. The van der Waals surface area contributed by atoms with E-state index in [1.165, 1.54) is 0 Å². The van der Waals surface area contributed by atoms with Gasteiger partial charge in [-0.05, 0) is 42.8 Å². The van der Waals surface area contributed by atoms with Crippen molar-refractivity contribution in [2.75, 3.05) is 5.32 Å². The first kappa shape index (κ1) is 15.3. The van der Waals surface area contributed by atoms with Crippen molar-refractivity contribution >= 4 is 28.5 Å². The van der Waals surface area contributed by atoms with Crippen molar-refractivity contribution in [3.8, 4) is 0 Å². The summed E-state index contributed by atoms with van der Waals surface area (Å²) in [5.74, 6) is -0.828. The number of nitrogens with zero attached hydrogens (tertiary/aromatic N) is 1. The number of pyridine rings is 1. The number of rotatable bonds is 2. The number of amides is 1. The number of aromatic nitrogens is 1. The van der Waals surface area contributed by atoms with Crippen molar-refractivity contribution in [1.29, 1.82) is 0 Å². The van der Waals surface area contributed by atoms with Gasteiger partial charge in [0.25, 0.3) is 5.91 Å². The van der Waals surface area contributed by atoms with Gasteiger partial charge < -0.3 is 10.1 Å². The minimum atomic E-state index is -1.25. The summed E-state index contributed by atoms with van der Waals surface area (Å²) in [4.78, 5) is 29.4. The van der Waals surface area contributed by atoms with Crippen LogP contribution in [0.5, 0.6) is 0 Å². The molecule has 0 unspecified atom stereocenters. The van der Waals surface area contributed by atoms with Crippen LogP contribution in [-0.2, 0) is 16.0 Å². The van der Waals surface area contributed by atoms with Crippen LogP contribution < -0.4 is 5.32 Å². The van der Waals surface area contributed by atoms with Gasteiger partial charge in [-0.15, -0.1) is 0 Å². The van der Waals surface area contributed by atoms with Gasteiger partial charge >= 0.3 is 5.97 Å². The zero-order valence-electron chi connectivity index (χ0n) is 13.7. The Morgan fingerprint density at radius 1 is 1.12 bits per heavy atom. The predicted octanol–water partition coefficient (Wildman–Crippen LogP) is 3.35. The highest BCUT2D eigenvalue weighted by molar-refractivity contribution is 6.06. The van der Waals surface area contributed by atoms with E-state index in [-0.39, 0.29) is 5.91 Å². The molecule has 2 heterocycles. The number of hydrogen-bond acceptors (Lipinski definition) is 4. The quantitative estimate of drug-likeness (QED) is 0.731. The molecule has 1 aromatic heterocycles. The van der Waals surface area contributed by atoms with E-state index in [0.717, 1.165) is 16.5 Å². The van der Waals surface area contributed by atoms with Crippen molar-refractivity contribution in [2.24, 2.45) is 0 Å². The van der Waals surface area contributed by atoms with Crippen LogP contribution in [0.3, 0.4) is 0 Å². The maximum Gasteiger partial charge on any atom is 0.339 e. The van der Waals surface area contributed by atoms with E-state index in [0.29, 0.717) is 17.7 Å². The molecule has 0 bridgehead atoms. The maximum absolute atomic E-state index is 12.9. The Morgan fingerprint density at radius 2 is 1.96 bits per heavy atom. The topological polar surface area (TPSA) is 68.3 Å². The molecule has 5 nitrogen and oxygen atoms in total. The fraction of sp³-hybridized carbons (Fsp3) is 0.150. The van der Waals surface area contributed by atoms with E-state index < -0.39 is 11.6 Å². The van der Waals surface area contributed by atoms with Crippen molar-refractivity contribution in [2.45, 2.75) is 18.9 Å². The van der Waals surface area contributed by atoms with Gasteiger partial charge in [-0.2, -0.15) is 0 Å². The number of ether oxygens (including phenoxy) is 1. The summed E-state index contributed by atoms with van der Waals surface area (Å²) in [5.41, 5.74) is 1.51. The summed E-state index contributed by atoms with van der Waals surface area (Å²) in [7, 11) is 0. The molecule has 4 rings (SSSR count). The second-order valence-corrected chi connectivity index (χ2v) is 6.28. The SMILES string of the molecule is C[C@]1(C(=O)Nc2cccc3ncccc23)Cc2ccccc2C(=O)O1. The predicted molar refractivity (Wildman–Crippen MR) is 94.3 cm³/mol. The van der Waals surface area contributed by atoms with Crippen LogP contribution in [0.25, 0.3) is 10.9 Å². The monoisotopic (exact) mass is 332 g/mol. The summed E-state index contributed by atoms with van der Waals surface area (Å²) in [6.45, 7) is 1.64. The van der Waals surface area contributed by atoms with Crippen LogP contribution in [0.2, 0.25) is 0 Å². The lowest BCUT2D eigenvalue weighted by Crippen LogP contribution is -2.48. The fourth-order valence-corrected chi connectivity index (χ4v) is 3.13. The van der Waals surface area contributed by atoms with Gasteiger partial charge in [0, 0.05) is 18.0 Å². The maximum atomic E-state index is 12.9. The highest BCUT2D eigenvalue weighted by atomic mass is 16.6. The van der Waals surface area contributed by atoms with Crippen LogP contribution in [0.1, 0.15) is 22.8 Å². The molecule has 1 atom stereocenters. The lowest BCUT2D eigenvalue weighted by atomic mass is 9.89. The minimum absolute atomic E-state index is 0.337. The molecule has 1 aliphatic rings. The normalized spacial score (nSPS) is 19.2. The second-order valence-electron chi connectivity index (χ2n) is 6.28. The third-order valence-corrected chi connectivity index (χ3v) is 4.46. The molecule has 3 aromatic rings. The average Bonchev–Trinajstić information content (AvgIpc) is 2.62. The number of anilines is 1. The smallest absolute Gasteiger partial charge is 0.339 e. The van der Waals surface area contributed by atoms with Crippen molar-refractivity contribution < 1.29 is 14.3 Å². The van der Waals surface area contributed by atoms with Gasteiger partial charge in [-0.3, -0.25) is 9.78 Å². The van der Waals surface area contributed by atoms with E-state index >= 15 is 0 Å². The van der Waals surface area contributed by atoms with Crippen molar-refractivity contribution in [1.82, 2.24) is 4.98 Å². The molecule has 0 saturated heterocycles. The van der Waals surface area contributed by atoms with Crippen LogP contribution in [0.15, 0.2) is 60.8 Å². The highest BCUT2D eigenvalue weighted by Gasteiger charge is 2.42. The third-order valence-electron chi connectivity index (χ3n) is 4.46. The number of esters is 1. The number of nitrogens with one attached hydrogen (secondary N) is 1. The highest BCUT2D eigenvalue weighted by Crippen LogP contribution is 2.30. The number of fused-ring (bicyclic) bond motifs is 2. The van der Waals surface area contributed by atoms with E-state index in [4.69, 9.17) is 4.74 Å². The molecule has 5 heteroatoms. The van der Waals surface area contributed by atoms with Crippen LogP contribution in [0, 0.1) is 0 Å². The Bertz CT molecular complexity index is 994. The minimum Gasteiger partial charge on any atom is -0.445 e. The van der Waals surface area contributed by atoms with E-state index in [2.05, 4.69) is 10.3 Å². The first-order chi connectivity index (χ1) is 12.1. The Hall–Kier alpha value is -3.21. The second kappa shape index (κ2) is 5.70. The molecule has 0 radical (unpaired) electrons. The standard InChI is InChI=1S/C20H16N2O3/c1-20(12-13-6-2-3-7-14(13)18(23)25-20)19(24)22-17-10-4-9-16-15(17)8-5-11-21-16/h2-11H,12H2,1H3,(H,22,24)/t20-/m1/s1. The zero-order valence-corrected chi connectivity index (χ0v) is 13.7. The Kier molecular flexibility index (Phi) is 3.50. The summed E-state index contributed by atoms with van der Waals surface area (Å²) in [6.07, 6.45) is 2.04. The molecule has 25 heavy (non-hydrogen) atoms. The average molecular weight is 332 g/mol. The molecule has 1 aliphatic heterocycles. The fourth-order valence-electron chi connectivity index (χ4n) is 3.13. The number of carbonyl (C=O) groups is 2. The van der Waals surface area contributed by atoms with E-state index in [1.54, 1.807) is 25.3 Å². The Balaban J connectivity index is 1.66. The van der Waals surface area contributed by atoms with E-state index in [9.17, 15) is 9.59 Å². The summed E-state index contributed by atoms with van der Waals surface area (Å²) in [5, 5.41) is 3.73. The Morgan fingerprint density at radius 3 is 2.84 bits per heavy atom. The van der Waals surface area contributed by atoms with Crippen LogP contribution >= 0.6 is 0 Å². The van der Waals surface area contributed by atoms with Gasteiger partial charge in [-0.1, -0.05) is 24.3 Å². The van der Waals surface area contributed by atoms with E-state index in [1.807, 2.05) is 42.5 Å². The molecule has 0 saturated carbocycles. The van der Waals surface area contributed by atoms with Gasteiger partial charge in [0.1, 0.15) is 0 Å². The molecular weight excluding hydrogens is 316 g/mol. The number of cyclic esters (lactones) is 1. The van der Waals surface area contributed by atoms with Crippen LogP contribution in [-0.4, -0.2) is 22.5 Å². The molecule has 0 fully saturated rings. The number of benzene rings is 2. The van der Waals surface area contributed by atoms with Gasteiger partial charge in [0.2, 0.25) is 0 Å². The van der Waals surface area contributed by atoms with Crippen LogP contribution in [0.4, 0.5) is 5.69 Å². The molecule has 1 amide bonds. The summed E-state index contributed by atoms with van der Waals surface area (Å²) >= 11 is 0. The van der Waals surface area contributed by atoms with Gasteiger partial charge in [0.15, 0.2) is 5.60 Å². The molecule has 0 spiro atoms. The van der Waals surface area contributed by atoms with Crippen molar-refractivity contribution in [3.63, 3.8) is 0 Å². The molecular formula is C20H16N2O3. The molecule has 124 valence electrons.